The van der Waals surface area contributed by atoms with E-state index >= 15 is 0 Å². The first kappa shape index (κ1) is 12.0. The molecule has 1 N–H and O–H groups in total. The van der Waals surface area contributed by atoms with Crippen LogP contribution in [-0.2, 0) is 0 Å². The molecule has 1 aromatic heterocycles. The molecule has 0 fully saturated rings. The summed E-state index contributed by atoms with van der Waals surface area (Å²) in [5.74, 6) is 1.95. The molecule has 0 radical (unpaired) electrons. The van der Waals surface area contributed by atoms with Crippen LogP contribution in [0.4, 0.5) is 0 Å². The highest BCUT2D eigenvalue weighted by Crippen LogP contribution is 2.21. The molecule has 1 aromatic carbocycles. The fraction of sp³-hybridized carbons (Fsp3) is 0.182. The number of benzene rings is 1. The summed E-state index contributed by atoms with van der Waals surface area (Å²) in [6.45, 7) is 2.02. The SMILES string of the molecule is COc1ccccc1-n1cc[nH+]c1C.[I-]. The van der Waals surface area contributed by atoms with Crippen LogP contribution in [0.3, 0.4) is 0 Å². The van der Waals surface area contributed by atoms with Crippen LogP contribution in [0.15, 0.2) is 36.7 Å². The number of methoxy groups -OCH3 is 1. The summed E-state index contributed by atoms with van der Waals surface area (Å²) in [7, 11) is 1.68. The Hall–Kier alpha value is -1.04. The van der Waals surface area contributed by atoms with Gasteiger partial charge in [-0.2, -0.15) is 4.57 Å². The highest BCUT2D eigenvalue weighted by Gasteiger charge is 2.12. The average molecular weight is 316 g/mol. The quantitative estimate of drug-likeness (QED) is 0.627. The number of aryl methyl sites for hydroxylation is 1. The maximum atomic E-state index is 5.29. The van der Waals surface area contributed by atoms with Gasteiger partial charge < -0.3 is 28.7 Å². The molecule has 80 valence electrons. The zero-order valence-electron chi connectivity index (χ0n) is 8.70. The van der Waals surface area contributed by atoms with Crippen LogP contribution in [0.1, 0.15) is 5.82 Å². The van der Waals surface area contributed by atoms with Gasteiger partial charge in [0, 0.05) is 6.92 Å². The number of H-pyrrole nitrogens is 1. The summed E-state index contributed by atoms with van der Waals surface area (Å²) < 4.78 is 7.34. The molecule has 0 unspecified atom stereocenters. The van der Waals surface area contributed by atoms with Gasteiger partial charge in [0.05, 0.1) is 7.11 Å². The van der Waals surface area contributed by atoms with E-state index in [2.05, 4.69) is 9.55 Å². The van der Waals surface area contributed by atoms with Crippen LogP contribution < -0.4 is 33.7 Å². The van der Waals surface area contributed by atoms with Crippen molar-refractivity contribution in [2.75, 3.05) is 7.11 Å². The van der Waals surface area contributed by atoms with Crippen molar-refractivity contribution in [2.45, 2.75) is 6.92 Å². The number of ether oxygens (including phenoxy) is 1. The fourth-order valence-corrected chi connectivity index (χ4v) is 1.50. The van der Waals surface area contributed by atoms with Crippen LogP contribution in [0.2, 0.25) is 0 Å². The molecule has 2 aromatic rings. The van der Waals surface area contributed by atoms with Gasteiger partial charge in [-0.3, -0.25) is 0 Å². The summed E-state index contributed by atoms with van der Waals surface area (Å²) in [5.41, 5.74) is 1.05. The van der Waals surface area contributed by atoms with E-state index in [1.54, 1.807) is 7.11 Å². The van der Waals surface area contributed by atoms with E-state index in [1.165, 1.54) is 0 Å². The second-order valence-corrected chi connectivity index (χ2v) is 3.09. The minimum Gasteiger partial charge on any atom is -1.00 e. The van der Waals surface area contributed by atoms with Crippen LogP contribution in [0.25, 0.3) is 5.69 Å². The third-order valence-corrected chi connectivity index (χ3v) is 2.22. The van der Waals surface area contributed by atoms with Gasteiger partial charge in [-0.15, -0.1) is 0 Å². The Kier molecular flexibility index (Phi) is 4.14. The molecule has 15 heavy (non-hydrogen) atoms. The topological polar surface area (TPSA) is 28.3 Å². The third-order valence-electron chi connectivity index (χ3n) is 2.22. The number of hydrogen-bond donors (Lipinski definition) is 0. The number of nitrogens with one attached hydrogen (secondary N) is 1. The highest BCUT2D eigenvalue weighted by atomic mass is 127. The summed E-state index contributed by atoms with van der Waals surface area (Å²) in [6.07, 6.45) is 3.88. The van der Waals surface area contributed by atoms with Crippen molar-refractivity contribution in [3.05, 3.63) is 42.5 Å². The summed E-state index contributed by atoms with van der Waals surface area (Å²) in [6, 6.07) is 7.94. The number of para-hydroxylation sites is 2. The van der Waals surface area contributed by atoms with E-state index in [1.807, 2.05) is 43.6 Å². The van der Waals surface area contributed by atoms with Gasteiger partial charge in [-0.1, -0.05) is 12.1 Å². The second kappa shape index (κ2) is 5.16. The largest absolute Gasteiger partial charge is 1.00 e. The number of rotatable bonds is 2. The Balaban J connectivity index is 0.00000112. The van der Waals surface area contributed by atoms with E-state index in [-0.39, 0.29) is 24.0 Å². The van der Waals surface area contributed by atoms with Gasteiger partial charge in [0.1, 0.15) is 12.4 Å². The summed E-state index contributed by atoms with van der Waals surface area (Å²) in [5, 5.41) is 0. The molecule has 0 amide bonds. The minimum absolute atomic E-state index is 0. The van der Waals surface area contributed by atoms with Crippen molar-refractivity contribution in [3.8, 4) is 11.4 Å². The lowest BCUT2D eigenvalue weighted by Crippen LogP contribution is -3.00. The van der Waals surface area contributed by atoms with Gasteiger partial charge in [-0.25, -0.2) is 4.98 Å². The molecule has 0 aliphatic carbocycles. The molecule has 0 spiro atoms. The van der Waals surface area contributed by atoms with E-state index in [0.717, 1.165) is 17.3 Å². The molecule has 4 heteroatoms. The molecule has 0 atom stereocenters. The van der Waals surface area contributed by atoms with Gasteiger partial charge in [0.15, 0.2) is 11.4 Å². The maximum Gasteiger partial charge on any atom is 0.256 e. The lowest BCUT2D eigenvalue weighted by Gasteiger charge is -2.04. The molecule has 0 bridgehead atoms. The highest BCUT2D eigenvalue weighted by molar-refractivity contribution is 5.46. The number of halogens is 1. The Morgan fingerprint density at radius 1 is 1.27 bits per heavy atom. The van der Waals surface area contributed by atoms with Crippen molar-refractivity contribution < 1.29 is 33.7 Å². The summed E-state index contributed by atoms with van der Waals surface area (Å²) in [4.78, 5) is 3.13. The van der Waals surface area contributed by atoms with Gasteiger partial charge in [0.25, 0.3) is 5.82 Å². The van der Waals surface area contributed by atoms with E-state index in [9.17, 15) is 0 Å². The predicted molar refractivity (Wildman–Crippen MR) is 53.6 cm³/mol. The van der Waals surface area contributed by atoms with Crippen molar-refractivity contribution in [3.63, 3.8) is 0 Å². The number of aromatic amines is 1. The van der Waals surface area contributed by atoms with Crippen molar-refractivity contribution >= 4 is 0 Å². The third kappa shape index (κ3) is 2.31. The van der Waals surface area contributed by atoms with Gasteiger partial charge in [-0.05, 0) is 12.1 Å². The molecular weight excluding hydrogens is 303 g/mol. The maximum absolute atomic E-state index is 5.29. The molecule has 1 heterocycles. The first-order chi connectivity index (χ1) is 6.83. The molecule has 0 saturated carbocycles. The number of hydrogen-bond acceptors (Lipinski definition) is 1. The minimum atomic E-state index is 0. The predicted octanol–water partition coefficient (Wildman–Crippen LogP) is -1.39. The Morgan fingerprint density at radius 2 is 2.00 bits per heavy atom. The van der Waals surface area contributed by atoms with Crippen LogP contribution in [0.5, 0.6) is 5.75 Å². The molecule has 0 saturated heterocycles. The molecular formula is C11H13IN2O. The zero-order valence-corrected chi connectivity index (χ0v) is 10.9. The van der Waals surface area contributed by atoms with Gasteiger partial charge >= 0.3 is 0 Å². The van der Waals surface area contributed by atoms with Crippen LogP contribution in [-0.4, -0.2) is 11.7 Å². The molecule has 2 rings (SSSR count). The van der Waals surface area contributed by atoms with Crippen molar-refractivity contribution in [1.82, 2.24) is 4.57 Å². The van der Waals surface area contributed by atoms with Crippen molar-refractivity contribution in [2.24, 2.45) is 0 Å². The average Bonchev–Trinajstić information content (AvgIpc) is 2.64. The van der Waals surface area contributed by atoms with Crippen LogP contribution in [0, 0.1) is 6.92 Å². The fourth-order valence-electron chi connectivity index (χ4n) is 1.50. The van der Waals surface area contributed by atoms with E-state index in [4.69, 9.17) is 4.74 Å². The number of aromatic nitrogens is 2. The second-order valence-electron chi connectivity index (χ2n) is 3.09. The smallest absolute Gasteiger partial charge is 0.256 e. The lowest BCUT2D eigenvalue weighted by atomic mass is 10.3. The monoisotopic (exact) mass is 316 g/mol. The normalized spacial score (nSPS) is 9.47. The Morgan fingerprint density at radius 3 is 2.60 bits per heavy atom. The number of nitrogens with zero attached hydrogens (tertiary/aromatic N) is 1. The van der Waals surface area contributed by atoms with E-state index in [0.29, 0.717) is 0 Å². The number of imidazole rings is 1. The van der Waals surface area contributed by atoms with Crippen LogP contribution >= 0.6 is 0 Å². The molecule has 3 nitrogen and oxygen atoms in total. The van der Waals surface area contributed by atoms with E-state index < -0.39 is 0 Å². The molecule has 0 aliphatic heterocycles. The first-order valence-corrected chi connectivity index (χ1v) is 4.52. The zero-order chi connectivity index (χ0) is 9.97. The summed E-state index contributed by atoms with van der Waals surface area (Å²) >= 11 is 0. The molecule has 0 aliphatic rings. The standard InChI is InChI=1S/C11H12N2O.HI/c1-9-12-7-8-13(9)10-5-3-4-6-11(10)14-2;/h3-8H,1-2H3;1H. The van der Waals surface area contributed by atoms with Crippen molar-refractivity contribution in [1.29, 1.82) is 0 Å². The first-order valence-electron chi connectivity index (χ1n) is 4.52. The van der Waals surface area contributed by atoms with Gasteiger partial charge in [0.2, 0.25) is 0 Å². The Bertz CT molecular complexity index is 440. The lowest BCUT2D eigenvalue weighted by molar-refractivity contribution is -0.386. The Labute approximate surface area is 106 Å².